The molecular formula is C13H17N3O3S. The molecule has 0 saturated heterocycles. The van der Waals surface area contributed by atoms with Crippen LogP contribution in [0.15, 0.2) is 29.4 Å². The van der Waals surface area contributed by atoms with Crippen LogP contribution in [0.4, 0.5) is 5.69 Å². The van der Waals surface area contributed by atoms with Crippen molar-refractivity contribution in [2.75, 3.05) is 5.75 Å². The molecule has 20 heavy (non-hydrogen) atoms. The van der Waals surface area contributed by atoms with Crippen molar-refractivity contribution < 1.29 is 9.72 Å². The topological polar surface area (TPSA) is 84.6 Å². The Morgan fingerprint density at radius 1 is 1.40 bits per heavy atom. The van der Waals surface area contributed by atoms with E-state index in [9.17, 15) is 14.9 Å². The van der Waals surface area contributed by atoms with Gasteiger partial charge in [0.15, 0.2) is 0 Å². The lowest BCUT2D eigenvalue weighted by Crippen LogP contribution is -2.20. The number of thioether (sulfide) groups is 1. The van der Waals surface area contributed by atoms with Crippen LogP contribution in [0.25, 0.3) is 0 Å². The molecule has 1 rings (SSSR count). The van der Waals surface area contributed by atoms with Crippen LogP contribution in [0, 0.1) is 10.1 Å². The first-order valence-corrected chi connectivity index (χ1v) is 7.31. The number of nitrogens with one attached hydrogen (secondary N) is 1. The van der Waals surface area contributed by atoms with E-state index in [4.69, 9.17) is 0 Å². The van der Waals surface area contributed by atoms with Gasteiger partial charge in [-0.05, 0) is 18.9 Å². The quantitative estimate of drug-likeness (QED) is 0.476. The molecule has 0 saturated carbocycles. The van der Waals surface area contributed by atoms with Crippen LogP contribution in [0.2, 0.25) is 0 Å². The molecule has 1 N–H and O–H groups in total. The molecule has 0 unspecified atom stereocenters. The van der Waals surface area contributed by atoms with Crippen LogP contribution >= 0.6 is 11.8 Å². The maximum absolute atomic E-state index is 11.5. The smallest absolute Gasteiger partial charge is 0.269 e. The highest BCUT2D eigenvalue weighted by molar-refractivity contribution is 7.99. The van der Waals surface area contributed by atoms with Crippen LogP contribution in [-0.2, 0) is 10.5 Å². The number of nitro benzene ring substituents is 1. The molecule has 0 spiro atoms. The number of hydrogen-bond donors (Lipinski definition) is 1. The zero-order chi connectivity index (χ0) is 15.0. The van der Waals surface area contributed by atoms with Gasteiger partial charge in [-0.3, -0.25) is 14.9 Å². The summed E-state index contributed by atoms with van der Waals surface area (Å²) in [5.41, 5.74) is 4.37. The summed E-state index contributed by atoms with van der Waals surface area (Å²) in [5.74, 6) is 0.782. The molecule has 0 aromatic heterocycles. The molecule has 7 heteroatoms. The molecule has 0 aliphatic rings. The summed E-state index contributed by atoms with van der Waals surface area (Å²) in [6.07, 6.45) is 0.802. The number of carbonyl (C=O) groups is 1. The highest BCUT2D eigenvalue weighted by Crippen LogP contribution is 2.16. The summed E-state index contributed by atoms with van der Waals surface area (Å²) in [4.78, 5) is 21.5. The van der Waals surface area contributed by atoms with Gasteiger partial charge in [-0.1, -0.05) is 19.1 Å². The zero-order valence-electron chi connectivity index (χ0n) is 11.5. The molecule has 0 atom stereocenters. The fourth-order valence-electron chi connectivity index (χ4n) is 1.24. The van der Waals surface area contributed by atoms with Crippen LogP contribution in [-0.4, -0.2) is 22.3 Å². The third-order valence-corrected chi connectivity index (χ3v) is 3.54. The number of carbonyl (C=O) groups excluding carboxylic acids is 1. The van der Waals surface area contributed by atoms with Gasteiger partial charge >= 0.3 is 0 Å². The number of rotatable bonds is 7. The fourth-order valence-corrected chi connectivity index (χ4v) is 2.02. The average molecular weight is 295 g/mol. The van der Waals surface area contributed by atoms with Gasteiger partial charge in [-0.25, -0.2) is 5.43 Å². The summed E-state index contributed by atoms with van der Waals surface area (Å²) >= 11 is 1.44. The van der Waals surface area contributed by atoms with Gasteiger partial charge in [0.25, 0.3) is 5.69 Å². The summed E-state index contributed by atoms with van der Waals surface area (Å²) in [6, 6.07) is 6.32. The van der Waals surface area contributed by atoms with Gasteiger partial charge in [0.1, 0.15) is 0 Å². The van der Waals surface area contributed by atoms with E-state index in [0.717, 1.165) is 17.7 Å². The lowest BCUT2D eigenvalue weighted by Gasteiger charge is -2.02. The number of non-ortho nitro benzene ring substituents is 1. The van der Waals surface area contributed by atoms with Gasteiger partial charge in [0, 0.05) is 23.6 Å². The Morgan fingerprint density at radius 2 is 2.05 bits per heavy atom. The third-order valence-electron chi connectivity index (χ3n) is 2.53. The van der Waals surface area contributed by atoms with Crippen molar-refractivity contribution in [3.8, 4) is 0 Å². The minimum Gasteiger partial charge on any atom is -0.272 e. The lowest BCUT2D eigenvalue weighted by molar-refractivity contribution is -0.384. The van der Waals surface area contributed by atoms with Gasteiger partial charge in [0.05, 0.1) is 10.7 Å². The fraction of sp³-hybridized carbons (Fsp3) is 0.385. The summed E-state index contributed by atoms with van der Waals surface area (Å²) < 4.78 is 0. The third kappa shape index (κ3) is 5.83. The van der Waals surface area contributed by atoms with Gasteiger partial charge < -0.3 is 0 Å². The molecule has 6 nitrogen and oxygen atoms in total. The second kappa shape index (κ2) is 8.31. The van der Waals surface area contributed by atoms with Crippen molar-refractivity contribution >= 4 is 29.1 Å². The minimum absolute atomic E-state index is 0.0703. The molecule has 108 valence electrons. The van der Waals surface area contributed by atoms with E-state index in [2.05, 4.69) is 10.5 Å². The van der Waals surface area contributed by atoms with E-state index in [0.29, 0.717) is 11.5 Å². The molecule has 0 bridgehead atoms. The van der Waals surface area contributed by atoms with E-state index >= 15 is 0 Å². The Kier molecular flexibility index (Phi) is 6.72. The Labute approximate surface area is 121 Å². The molecule has 0 aliphatic heterocycles. The van der Waals surface area contributed by atoms with Crippen LogP contribution < -0.4 is 5.43 Å². The van der Waals surface area contributed by atoms with Gasteiger partial charge in [-0.15, -0.1) is 11.8 Å². The molecule has 0 heterocycles. The first kappa shape index (κ1) is 16.2. The van der Waals surface area contributed by atoms with Gasteiger partial charge in [0.2, 0.25) is 5.91 Å². The number of nitro groups is 1. The van der Waals surface area contributed by atoms with Crippen LogP contribution in [0.3, 0.4) is 0 Å². The van der Waals surface area contributed by atoms with E-state index in [-0.39, 0.29) is 11.6 Å². The number of benzene rings is 1. The van der Waals surface area contributed by atoms with Gasteiger partial charge in [-0.2, -0.15) is 5.10 Å². The highest BCUT2D eigenvalue weighted by Gasteiger charge is 2.05. The molecule has 0 aliphatic carbocycles. The maximum Gasteiger partial charge on any atom is 0.269 e. The number of nitrogens with zero attached hydrogens (tertiary/aromatic N) is 2. The standard InChI is InChI=1S/C13H17N3O3S/c1-3-10(2)14-15-13(17)9-20-8-11-4-6-12(7-5-11)16(18)19/h4-7H,3,8-9H2,1-2H3,(H,15,17)/b14-10+. The number of amides is 1. The minimum atomic E-state index is -0.432. The van der Waals surface area contributed by atoms with Crippen LogP contribution in [0.1, 0.15) is 25.8 Å². The summed E-state index contributed by atoms with van der Waals surface area (Å²) in [6.45, 7) is 3.82. The average Bonchev–Trinajstić information content (AvgIpc) is 2.45. The first-order valence-electron chi connectivity index (χ1n) is 6.16. The van der Waals surface area contributed by atoms with Crippen molar-refractivity contribution in [2.45, 2.75) is 26.0 Å². The Hall–Kier alpha value is -1.89. The van der Waals surface area contributed by atoms with Crippen molar-refractivity contribution in [2.24, 2.45) is 5.10 Å². The first-order chi connectivity index (χ1) is 9.52. The lowest BCUT2D eigenvalue weighted by atomic mass is 10.2. The largest absolute Gasteiger partial charge is 0.272 e. The Balaban J connectivity index is 2.33. The maximum atomic E-state index is 11.5. The summed E-state index contributed by atoms with van der Waals surface area (Å²) in [7, 11) is 0. The van der Waals surface area contributed by atoms with Crippen molar-refractivity contribution in [3.63, 3.8) is 0 Å². The highest BCUT2D eigenvalue weighted by atomic mass is 32.2. The van der Waals surface area contributed by atoms with E-state index in [1.54, 1.807) is 12.1 Å². The second-order valence-corrected chi connectivity index (χ2v) is 5.14. The number of hydrazone groups is 1. The van der Waals surface area contributed by atoms with Crippen molar-refractivity contribution in [3.05, 3.63) is 39.9 Å². The van der Waals surface area contributed by atoms with Crippen molar-refractivity contribution in [1.29, 1.82) is 0 Å². The predicted octanol–water partition coefficient (Wildman–Crippen LogP) is 2.73. The van der Waals surface area contributed by atoms with Crippen molar-refractivity contribution in [1.82, 2.24) is 5.43 Å². The molecule has 1 aromatic carbocycles. The van der Waals surface area contributed by atoms with E-state index in [1.165, 1.54) is 23.9 Å². The normalized spacial score (nSPS) is 11.2. The van der Waals surface area contributed by atoms with Crippen LogP contribution in [0.5, 0.6) is 0 Å². The zero-order valence-corrected chi connectivity index (χ0v) is 12.3. The molecular weight excluding hydrogens is 278 g/mol. The second-order valence-electron chi connectivity index (χ2n) is 4.15. The SMILES string of the molecule is CC/C(C)=N/NC(=O)CSCc1ccc([N+](=O)[O-])cc1. The monoisotopic (exact) mass is 295 g/mol. The Bertz CT molecular complexity index is 500. The predicted molar refractivity (Wildman–Crippen MR) is 80.8 cm³/mol. The molecule has 1 aromatic rings. The number of hydrogen-bond acceptors (Lipinski definition) is 5. The molecule has 0 fully saturated rings. The Morgan fingerprint density at radius 3 is 2.60 bits per heavy atom. The van der Waals surface area contributed by atoms with E-state index < -0.39 is 4.92 Å². The summed E-state index contributed by atoms with van der Waals surface area (Å²) in [5, 5.41) is 14.4. The molecule has 1 amide bonds. The molecule has 0 radical (unpaired) electrons. The van der Waals surface area contributed by atoms with E-state index in [1.807, 2.05) is 13.8 Å².